The van der Waals surface area contributed by atoms with Gasteiger partial charge in [-0.1, -0.05) is 28.1 Å². The molecule has 0 radical (unpaired) electrons. The number of hydrogen-bond acceptors (Lipinski definition) is 2. The quantitative estimate of drug-likeness (QED) is 0.604. The van der Waals surface area contributed by atoms with Crippen molar-refractivity contribution >= 4 is 31.9 Å². The Morgan fingerprint density at radius 2 is 1.40 bits per heavy atom. The lowest BCUT2D eigenvalue weighted by molar-refractivity contribution is 0.202. The van der Waals surface area contributed by atoms with Crippen molar-refractivity contribution < 1.29 is 18.3 Å². The minimum Gasteiger partial charge on any atom is -0.427 e. The van der Waals surface area contributed by atoms with E-state index >= 15 is 0 Å². The number of hydrogen-bond donors (Lipinski definition) is 0. The zero-order valence-corrected chi connectivity index (χ0v) is 13.1. The van der Waals surface area contributed by atoms with E-state index in [2.05, 4.69) is 31.9 Å². The van der Waals surface area contributed by atoms with Crippen LogP contribution in [0.15, 0.2) is 69.5 Å². The predicted molar refractivity (Wildman–Crippen MR) is 78.8 cm³/mol. The highest BCUT2D eigenvalue weighted by atomic mass is 79.9. The van der Waals surface area contributed by atoms with E-state index in [4.69, 9.17) is 9.47 Å². The van der Waals surface area contributed by atoms with Crippen LogP contribution in [-0.2, 0) is 0 Å². The van der Waals surface area contributed by atoms with Crippen LogP contribution in [0, 0.1) is 0 Å². The summed E-state index contributed by atoms with van der Waals surface area (Å²) in [6.07, 6.45) is 0. The largest absolute Gasteiger partial charge is 0.427 e. The third-order valence-electron chi connectivity index (χ3n) is 2.21. The van der Waals surface area contributed by atoms with Crippen molar-refractivity contribution in [1.82, 2.24) is 0 Å². The topological polar surface area (TPSA) is 18.5 Å². The van der Waals surface area contributed by atoms with Crippen LogP contribution in [-0.4, -0.2) is 0 Å². The Kier molecular flexibility index (Phi) is 5.14. The SMILES string of the molecule is F/C(Oc1ccc(Br)cc1)=C(/F)Oc1ccccc1Br. The number of rotatable bonds is 4. The van der Waals surface area contributed by atoms with Crippen LogP contribution < -0.4 is 9.47 Å². The molecule has 0 aliphatic heterocycles. The molecule has 6 heteroatoms. The maximum Gasteiger partial charge on any atom is 0.352 e. The lowest BCUT2D eigenvalue weighted by Gasteiger charge is -2.07. The molecule has 0 saturated carbocycles. The number of ether oxygens (including phenoxy) is 2. The molecule has 0 aromatic heterocycles. The van der Waals surface area contributed by atoms with Crippen molar-refractivity contribution in [2.75, 3.05) is 0 Å². The fourth-order valence-electron chi connectivity index (χ4n) is 1.31. The third kappa shape index (κ3) is 4.05. The minimum atomic E-state index is -1.44. The molecule has 0 atom stereocenters. The smallest absolute Gasteiger partial charge is 0.352 e. The van der Waals surface area contributed by atoms with Crippen molar-refractivity contribution in [3.8, 4) is 11.5 Å². The zero-order valence-electron chi connectivity index (χ0n) is 9.95. The molecule has 0 amide bonds. The Morgan fingerprint density at radius 1 is 0.800 bits per heavy atom. The molecular formula is C14H8Br2F2O2. The summed E-state index contributed by atoms with van der Waals surface area (Å²) in [4.78, 5) is 0. The normalized spacial score (nSPS) is 11.8. The maximum absolute atomic E-state index is 13.6. The molecule has 2 nitrogen and oxygen atoms in total. The predicted octanol–water partition coefficient (Wildman–Crippen LogP) is 5.74. The summed E-state index contributed by atoms with van der Waals surface area (Å²) in [6, 6.07) is 9.92. The van der Waals surface area contributed by atoms with Crippen LogP contribution in [0.1, 0.15) is 0 Å². The van der Waals surface area contributed by atoms with Gasteiger partial charge >= 0.3 is 12.0 Å². The van der Waals surface area contributed by atoms with Crippen molar-refractivity contribution in [1.29, 1.82) is 0 Å². The molecule has 0 heterocycles. The van der Waals surface area contributed by atoms with Gasteiger partial charge in [-0.15, -0.1) is 0 Å². The Morgan fingerprint density at radius 3 is 2.05 bits per heavy atom. The summed E-state index contributed by atoms with van der Waals surface area (Å²) in [7, 11) is 0. The molecule has 0 fully saturated rings. The zero-order chi connectivity index (χ0) is 14.5. The highest BCUT2D eigenvalue weighted by Gasteiger charge is 2.13. The lowest BCUT2D eigenvalue weighted by atomic mass is 10.3. The van der Waals surface area contributed by atoms with Crippen LogP contribution >= 0.6 is 31.9 Å². The molecule has 0 unspecified atom stereocenters. The van der Waals surface area contributed by atoms with Crippen LogP contribution in [0.5, 0.6) is 11.5 Å². The molecule has 2 aromatic rings. The van der Waals surface area contributed by atoms with Gasteiger partial charge in [0.1, 0.15) is 11.5 Å². The first-order valence-electron chi connectivity index (χ1n) is 5.47. The Hall–Kier alpha value is -1.40. The van der Waals surface area contributed by atoms with Gasteiger partial charge in [-0.2, -0.15) is 8.78 Å². The summed E-state index contributed by atoms with van der Waals surface area (Å²) in [5.74, 6) is 0.316. The second-order valence-electron chi connectivity index (χ2n) is 3.64. The summed E-state index contributed by atoms with van der Waals surface area (Å²) in [6.45, 7) is 0. The summed E-state index contributed by atoms with van der Waals surface area (Å²) in [5, 5.41) is 0. The molecular weight excluding hydrogens is 398 g/mol. The van der Waals surface area contributed by atoms with Crippen molar-refractivity contribution in [2.24, 2.45) is 0 Å². The van der Waals surface area contributed by atoms with Crippen LogP contribution in [0.2, 0.25) is 0 Å². The first-order valence-corrected chi connectivity index (χ1v) is 7.06. The second-order valence-corrected chi connectivity index (χ2v) is 5.41. The Labute approximate surface area is 131 Å². The summed E-state index contributed by atoms with van der Waals surface area (Å²) < 4.78 is 37.9. The monoisotopic (exact) mass is 404 g/mol. The van der Waals surface area contributed by atoms with Gasteiger partial charge in [0.15, 0.2) is 0 Å². The van der Waals surface area contributed by atoms with E-state index in [-0.39, 0.29) is 11.5 Å². The van der Waals surface area contributed by atoms with E-state index in [1.807, 2.05) is 0 Å². The fraction of sp³-hybridized carbons (Fsp3) is 0. The second kappa shape index (κ2) is 6.85. The number of para-hydroxylation sites is 1. The van der Waals surface area contributed by atoms with Gasteiger partial charge in [0.05, 0.1) is 4.47 Å². The van der Waals surface area contributed by atoms with Crippen LogP contribution in [0.25, 0.3) is 0 Å². The molecule has 0 bridgehead atoms. The van der Waals surface area contributed by atoms with Gasteiger partial charge in [0.2, 0.25) is 0 Å². The molecule has 20 heavy (non-hydrogen) atoms. The minimum absolute atomic E-state index is 0.152. The molecule has 0 saturated heterocycles. The molecule has 0 aliphatic rings. The lowest BCUT2D eigenvalue weighted by Crippen LogP contribution is -1.99. The van der Waals surface area contributed by atoms with Gasteiger partial charge in [-0.05, 0) is 52.3 Å². The molecule has 2 rings (SSSR count). The van der Waals surface area contributed by atoms with E-state index in [0.29, 0.717) is 4.47 Å². The van der Waals surface area contributed by atoms with E-state index in [1.165, 1.54) is 18.2 Å². The molecule has 2 aromatic carbocycles. The van der Waals surface area contributed by atoms with Gasteiger partial charge in [0.25, 0.3) is 0 Å². The number of halogens is 4. The van der Waals surface area contributed by atoms with E-state index in [9.17, 15) is 8.78 Å². The third-order valence-corrected chi connectivity index (χ3v) is 3.40. The fourth-order valence-corrected chi connectivity index (χ4v) is 1.94. The van der Waals surface area contributed by atoms with Crippen LogP contribution in [0.3, 0.4) is 0 Å². The highest BCUT2D eigenvalue weighted by Crippen LogP contribution is 2.28. The summed E-state index contributed by atoms with van der Waals surface area (Å²) >= 11 is 6.39. The van der Waals surface area contributed by atoms with E-state index < -0.39 is 12.0 Å². The van der Waals surface area contributed by atoms with Crippen molar-refractivity contribution in [3.63, 3.8) is 0 Å². The maximum atomic E-state index is 13.6. The first kappa shape index (κ1) is 15.0. The first-order chi connectivity index (χ1) is 9.56. The van der Waals surface area contributed by atoms with Crippen molar-refractivity contribution in [2.45, 2.75) is 0 Å². The van der Waals surface area contributed by atoms with Gasteiger partial charge in [0, 0.05) is 4.47 Å². The van der Waals surface area contributed by atoms with Gasteiger partial charge < -0.3 is 9.47 Å². The van der Waals surface area contributed by atoms with Gasteiger partial charge in [-0.25, -0.2) is 0 Å². The molecule has 0 spiro atoms. The average Bonchev–Trinajstić information content (AvgIpc) is 2.44. The Balaban J connectivity index is 2.11. The Bertz CT molecular complexity index is 627. The average molecular weight is 406 g/mol. The number of benzene rings is 2. The van der Waals surface area contributed by atoms with Gasteiger partial charge in [-0.3, -0.25) is 0 Å². The standard InChI is InChI=1S/C14H8Br2F2O2/c15-9-5-7-10(8-6-9)19-13(17)14(18)20-12-4-2-1-3-11(12)16/h1-8H/b14-13+. The molecule has 104 valence electrons. The summed E-state index contributed by atoms with van der Waals surface area (Å²) in [5.41, 5.74) is 0. The van der Waals surface area contributed by atoms with E-state index in [1.54, 1.807) is 30.3 Å². The molecule has 0 aliphatic carbocycles. The van der Waals surface area contributed by atoms with E-state index in [0.717, 1.165) is 4.47 Å². The van der Waals surface area contributed by atoms with Crippen LogP contribution in [0.4, 0.5) is 8.78 Å². The molecule has 0 N–H and O–H groups in total. The van der Waals surface area contributed by atoms with Crippen molar-refractivity contribution in [3.05, 3.63) is 69.5 Å². The highest BCUT2D eigenvalue weighted by molar-refractivity contribution is 9.10.